The van der Waals surface area contributed by atoms with Crippen LogP contribution in [0.25, 0.3) is 0 Å². The fourth-order valence-electron chi connectivity index (χ4n) is 3.51. The Bertz CT molecular complexity index is 889. The fraction of sp³-hybridized carbons (Fsp3) is 0.136. The van der Waals surface area contributed by atoms with Gasteiger partial charge in [0.05, 0.1) is 6.54 Å². The molecule has 4 rings (SSSR count). The molecule has 0 saturated heterocycles. The zero-order valence-corrected chi connectivity index (χ0v) is 14.5. The lowest BCUT2D eigenvalue weighted by Crippen LogP contribution is -2.29. The molecule has 0 N–H and O–H groups in total. The maximum Gasteiger partial charge on any atom is 0.228 e. The summed E-state index contributed by atoms with van der Waals surface area (Å²) in [5.41, 5.74) is 4.50. The number of nitrogens with zero attached hydrogens (tertiary/aromatic N) is 1. The van der Waals surface area contributed by atoms with Crippen LogP contribution in [0.5, 0.6) is 0 Å². The lowest BCUT2D eigenvalue weighted by molar-refractivity contribution is -0.118. The van der Waals surface area contributed by atoms with E-state index in [1.54, 1.807) is 0 Å². The summed E-state index contributed by atoms with van der Waals surface area (Å²) in [7, 11) is 0. The molecule has 0 aliphatic carbocycles. The maximum atomic E-state index is 13.0. The summed E-state index contributed by atoms with van der Waals surface area (Å²) in [4.78, 5) is 14.9. The van der Waals surface area contributed by atoms with Gasteiger partial charge < -0.3 is 4.90 Å². The predicted molar refractivity (Wildman–Crippen MR) is 102 cm³/mol. The van der Waals surface area contributed by atoms with Crippen LogP contribution in [0, 0.1) is 0 Å². The second-order valence-electron chi connectivity index (χ2n) is 6.32. The monoisotopic (exact) mass is 347 g/mol. The molecule has 1 aliphatic heterocycles. The van der Waals surface area contributed by atoms with Gasteiger partial charge in [-0.1, -0.05) is 66.2 Å². The van der Waals surface area contributed by atoms with Crippen molar-refractivity contribution in [3.05, 3.63) is 101 Å². The number of amides is 1. The molecular weight excluding hydrogens is 330 g/mol. The third kappa shape index (κ3) is 3.18. The normalized spacial score (nSPS) is 17.1. The van der Waals surface area contributed by atoms with E-state index in [0.717, 1.165) is 5.69 Å². The zero-order valence-electron chi connectivity index (χ0n) is 13.7. The highest BCUT2D eigenvalue weighted by molar-refractivity contribution is 6.30. The summed E-state index contributed by atoms with van der Waals surface area (Å²) in [6.45, 7) is 0.583. The minimum absolute atomic E-state index is 0.0854. The Balaban J connectivity index is 1.78. The van der Waals surface area contributed by atoms with Crippen LogP contribution in [0.2, 0.25) is 5.02 Å². The molecule has 3 heteroatoms. The number of rotatable bonds is 2. The van der Waals surface area contributed by atoms with Gasteiger partial charge >= 0.3 is 0 Å². The summed E-state index contributed by atoms with van der Waals surface area (Å²) in [6.07, 6.45) is 0.462. The minimum Gasteiger partial charge on any atom is -0.308 e. The van der Waals surface area contributed by atoms with Crippen LogP contribution in [0.3, 0.4) is 0 Å². The quantitative estimate of drug-likeness (QED) is 0.607. The summed E-state index contributed by atoms with van der Waals surface area (Å²) in [6, 6.07) is 26.1. The first-order valence-electron chi connectivity index (χ1n) is 8.41. The van der Waals surface area contributed by atoms with Crippen molar-refractivity contribution < 1.29 is 4.79 Å². The van der Waals surface area contributed by atoms with Crippen molar-refractivity contribution in [3.8, 4) is 0 Å². The molecule has 0 radical (unpaired) electrons. The Morgan fingerprint density at radius 1 is 0.840 bits per heavy atom. The molecular formula is C22H18ClNO. The van der Waals surface area contributed by atoms with Crippen molar-refractivity contribution in [2.75, 3.05) is 4.90 Å². The van der Waals surface area contributed by atoms with Gasteiger partial charge in [0.2, 0.25) is 5.91 Å². The van der Waals surface area contributed by atoms with Crippen LogP contribution in [-0.4, -0.2) is 5.91 Å². The van der Waals surface area contributed by atoms with Crippen molar-refractivity contribution in [1.29, 1.82) is 0 Å². The molecule has 3 aromatic carbocycles. The summed E-state index contributed by atoms with van der Waals surface area (Å²) >= 11 is 6.00. The van der Waals surface area contributed by atoms with Crippen molar-refractivity contribution in [2.24, 2.45) is 0 Å². The number of fused-ring (bicyclic) bond motifs is 1. The lowest BCUT2D eigenvalue weighted by Gasteiger charge is -2.21. The van der Waals surface area contributed by atoms with Gasteiger partial charge in [-0.2, -0.15) is 0 Å². The number of benzene rings is 3. The highest BCUT2D eigenvalue weighted by Gasteiger charge is 2.29. The topological polar surface area (TPSA) is 20.3 Å². The summed E-state index contributed by atoms with van der Waals surface area (Å²) < 4.78 is 0. The first-order chi connectivity index (χ1) is 12.2. The van der Waals surface area contributed by atoms with Crippen molar-refractivity contribution in [2.45, 2.75) is 18.9 Å². The fourth-order valence-corrected chi connectivity index (χ4v) is 3.64. The molecule has 1 unspecified atom stereocenters. The van der Waals surface area contributed by atoms with Gasteiger partial charge in [0.15, 0.2) is 0 Å². The Labute approximate surface area is 152 Å². The highest BCUT2D eigenvalue weighted by atomic mass is 35.5. The van der Waals surface area contributed by atoms with Crippen molar-refractivity contribution in [1.82, 2.24) is 0 Å². The number of anilines is 1. The number of hydrogen-bond donors (Lipinski definition) is 0. The first kappa shape index (κ1) is 15.9. The molecule has 1 heterocycles. The van der Waals surface area contributed by atoms with Gasteiger partial charge in [-0.05, 0) is 41.0 Å². The molecule has 124 valence electrons. The highest BCUT2D eigenvalue weighted by Crippen LogP contribution is 2.36. The maximum absolute atomic E-state index is 13.0. The van der Waals surface area contributed by atoms with Crippen LogP contribution in [0.4, 0.5) is 5.69 Å². The van der Waals surface area contributed by atoms with E-state index in [-0.39, 0.29) is 11.8 Å². The standard InChI is InChI=1S/C22H18ClNO/c23-18-10-12-19(13-11-18)24-15-17-8-4-5-9-20(17)21(14-22(24)25)16-6-2-1-3-7-16/h1-13,21H,14-15H2. The molecule has 0 saturated carbocycles. The largest absolute Gasteiger partial charge is 0.308 e. The Morgan fingerprint density at radius 3 is 2.28 bits per heavy atom. The molecule has 1 amide bonds. The smallest absolute Gasteiger partial charge is 0.228 e. The van der Waals surface area contributed by atoms with Crippen LogP contribution >= 0.6 is 11.6 Å². The van der Waals surface area contributed by atoms with E-state index in [1.807, 2.05) is 53.4 Å². The molecule has 2 nitrogen and oxygen atoms in total. The first-order valence-corrected chi connectivity index (χ1v) is 8.79. The number of hydrogen-bond acceptors (Lipinski definition) is 1. The molecule has 1 atom stereocenters. The number of carbonyl (C=O) groups is 1. The van der Waals surface area contributed by atoms with E-state index in [9.17, 15) is 4.79 Å². The van der Waals surface area contributed by atoms with Crippen LogP contribution < -0.4 is 4.90 Å². The predicted octanol–water partition coefficient (Wildman–Crippen LogP) is 5.41. The molecule has 1 aliphatic rings. The van der Waals surface area contributed by atoms with Crippen molar-refractivity contribution in [3.63, 3.8) is 0 Å². The zero-order chi connectivity index (χ0) is 17.2. The van der Waals surface area contributed by atoms with Gasteiger partial charge in [0.1, 0.15) is 0 Å². The van der Waals surface area contributed by atoms with E-state index in [1.165, 1.54) is 16.7 Å². The Hall–Kier alpha value is -2.58. The van der Waals surface area contributed by atoms with E-state index in [4.69, 9.17) is 11.6 Å². The average molecular weight is 348 g/mol. The number of carbonyl (C=O) groups excluding carboxylic acids is 1. The Morgan fingerprint density at radius 2 is 1.52 bits per heavy atom. The summed E-state index contributed by atoms with van der Waals surface area (Å²) in [5, 5.41) is 0.675. The molecule has 0 spiro atoms. The van der Waals surface area contributed by atoms with E-state index in [0.29, 0.717) is 18.0 Å². The molecule has 3 aromatic rings. The van der Waals surface area contributed by atoms with E-state index >= 15 is 0 Å². The third-order valence-electron chi connectivity index (χ3n) is 4.78. The lowest BCUT2D eigenvalue weighted by atomic mass is 9.86. The molecule has 0 bridgehead atoms. The molecule has 0 fully saturated rings. The van der Waals surface area contributed by atoms with Crippen LogP contribution in [0.15, 0.2) is 78.9 Å². The van der Waals surface area contributed by atoms with Crippen LogP contribution in [0.1, 0.15) is 29.0 Å². The molecule has 0 aromatic heterocycles. The van der Waals surface area contributed by atoms with Gasteiger partial charge in [-0.15, -0.1) is 0 Å². The van der Waals surface area contributed by atoms with E-state index < -0.39 is 0 Å². The summed E-state index contributed by atoms with van der Waals surface area (Å²) in [5.74, 6) is 0.217. The van der Waals surface area contributed by atoms with Gasteiger partial charge in [0, 0.05) is 23.0 Å². The average Bonchev–Trinajstić information content (AvgIpc) is 2.80. The minimum atomic E-state index is 0.0854. The van der Waals surface area contributed by atoms with Gasteiger partial charge in [-0.25, -0.2) is 0 Å². The Kier molecular flexibility index (Phi) is 4.29. The number of halogens is 1. The van der Waals surface area contributed by atoms with Gasteiger partial charge in [0.25, 0.3) is 0 Å². The second-order valence-corrected chi connectivity index (χ2v) is 6.76. The third-order valence-corrected chi connectivity index (χ3v) is 5.03. The van der Waals surface area contributed by atoms with E-state index in [2.05, 4.69) is 30.3 Å². The van der Waals surface area contributed by atoms with Gasteiger partial charge in [-0.3, -0.25) is 4.79 Å². The SMILES string of the molecule is O=C1CC(c2ccccc2)c2ccccc2CN1c1ccc(Cl)cc1. The second kappa shape index (κ2) is 6.73. The van der Waals surface area contributed by atoms with Crippen LogP contribution in [-0.2, 0) is 11.3 Å². The molecule has 25 heavy (non-hydrogen) atoms. The van der Waals surface area contributed by atoms with Crippen molar-refractivity contribution >= 4 is 23.2 Å².